The molecular formula is C22H30N2O5. The molecule has 3 heterocycles. The summed E-state index contributed by atoms with van der Waals surface area (Å²) in [5, 5.41) is 17.6. The number of carboxylic acid groups (broad SMARTS) is 1. The van der Waals surface area contributed by atoms with Crippen LogP contribution in [0.15, 0.2) is 18.2 Å². The molecule has 1 aromatic rings. The fourth-order valence-corrected chi connectivity index (χ4v) is 5.54. The van der Waals surface area contributed by atoms with Gasteiger partial charge in [-0.2, -0.15) is 0 Å². The van der Waals surface area contributed by atoms with Crippen LogP contribution in [0.5, 0.6) is 5.75 Å². The Kier molecular flexibility index (Phi) is 6.06. The van der Waals surface area contributed by atoms with Crippen molar-refractivity contribution in [3.05, 3.63) is 29.3 Å². The second-order valence-corrected chi connectivity index (χ2v) is 8.61. The predicted octanol–water partition coefficient (Wildman–Crippen LogP) is 1.63. The minimum atomic E-state index is -0.250. The first-order valence-electron chi connectivity index (χ1n) is 10.7. The molecule has 0 unspecified atom stereocenters. The molecule has 4 aliphatic rings. The van der Waals surface area contributed by atoms with E-state index in [9.17, 15) is 9.90 Å². The number of aliphatic hydroxyl groups excluding tert-OH is 1. The number of carbonyl (C=O) groups excluding carboxylic acids is 1. The molecular weight excluding hydrogens is 372 g/mol. The van der Waals surface area contributed by atoms with Crippen LogP contribution in [0.4, 0.5) is 0 Å². The van der Waals surface area contributed by atoms with Crippen molar-refractivity contribution in [3.8, 4) is 5.75 Å². The van der Waals surface area contributed by atoms with Crippen molar-refractivity contribution in [1.82, 2.24) is 9.80 Å². The van der Waals surface area contributed by atoms with Gasteiger partial charge in [-0.1, -0.05) is 0 Å². The second kappa shape index (κ2) is 8.71. The van der Waals surface area contributed by atoms with Crippen LogP contribution in [-0.2, 0) is 11.2 Å². The van der Waals surface area contributed by atoms with E-state index in [4.69, 9.17) is 14.6 Å². The Morgan fingerprint density at radius 1 is 1.14 bits per heavy atom. The standard InChI is InChI=1S/C21H28N2O3.CH2O2/c24-19-11-17-13-23(12-16(17)10-18(19)22-6-1-2-7-22)21(25)15-3-4-20-14(9-15)5-8-26-20;2-1-3/h3-4,9,16-19,24H,1-2,5-8,10-13H2;1H,(H,2,3)/t16-,17+,18-,19-;/m1./s1. The summed E-state index contributed by atoms with van der Waals surface area (Å²) < 4.78 is 5.55. The van der Waals surface area contributed by atoms with Gasteiger partial charge in [0, 0.05) is 31.1 Å². The summed E-state index contributed by atoms with van der Waals surface area (Å²) in [6.45, 7) is 4.35. The molecule has 0 radical (unpaired) electrons. The van der Waals surface area contributed by atoms with Crippen molar-refractivity contribution >= 4 is 12.4 Å². The Hall–Kier alpha value is -2.12. The normalized spacial score (nSPS) is 30.7. The van der Waals surface area contributed by atoms with Gasteiger partial charge in [-0.25, -0.2) is 0 Å². The van der Waals surface area contributed by atoms with Gasteiger partial charge < -0.3 is 19.8 Å². The molecule has 0 spiro atoms. The number of carbonyl (C=O) groups is 2. The van der Waals surface area contributed by atoms with Crippen LogP contribution in [-0.4, -0.2) is 77.3 Å². The number of nitrogens with zero attached hydrogens (tertiary/aromatic N) is 2. The molecule has 4 atom stereocenters. The fraction of sp³-hybridized carbons (Fsp3) is 0.636. The maximum Gasteiger partial charge on any atom is 0.290 e. The van der Waals surface area contributed by atoms with Crippen molar-refractivity contribution in [2.45, 2.75) is 44.2 Å². The van der Waals surface area contributed by atoms with E-state index in [1.165, 1.54) is 12.8 Å². The highest BCUT2D eigenvalue weighted by molar-refractivity contribution is 5.95. The Balaban J connectivity index is 0.000000645. The number of benzene rings is 1. The first kappa shape index (κ1) is 20.2. The molecule has 0 aromatic heterocycles. The third kappa shape index (κ3) is 4.12. The molecule has 7 nitrogen and oxygen atoms in total. The van der Waals surface area contributed by atoms with Crippen LogP contribution in [0.3, 0.4) is 0 Å². The largest absolute Gasteiger partial charge is 0.493 e. The number of fused-ring (bicyclic) bond motifs is 2. The molecule has 1 amide bonds. The van der Waals surface area contributed by atoms with Gasteiger partial charge in [-0.15, -0.1) is 0 Å². The molecule has 158 valence electrons. The molecule has 3 aliphatic heterocycles. The molecule has 2 saturated heterocycles. The lowest BCUT2D eigenvalue weighted by molar-refractivity contribution is -0.122. The average molecular weight is 402 g/mol. The zero-order valence-electron chi connectivity index (χ0n) is 16.7. The number of aliphatic hydroxyl groups is 1. The third-order valence-electron chi connectivity index (χ3n) is 6.94. The van der Waals surface area contributed by atoms with Gasteiger partial charge in [0.05, 0.1) is 12.7 Å². The zero-order chi connectivity index (χ0) is 20.4. The van der Waals surface area contributed by atoms with Crippen LogP contribution in [0.1, 0.15) is 41.6 Å². The van der Waals surface area contributed by atoms with E-state index in [0.29, 0.717) is 17.9 Å². The van der Waals surface area contributed by atoms with Crippen LogP contribution < -0.4 is 4.74 Å². The number of hydrogen-bond acceptors (Lipinski definition) is 5. The second-order valence-electron chi connectivity index (χ2n) is 8.61. The van der Waals surface area contributed by atoms with Gasteiger partial charge in [0.1, 0.15) is 5.75 Å². The summed E-state index contributed by atoms with van der Waals surface area (Å²) in [4.78, 5) is 25.9. The van der Waals surface area contributed by atoms with Crippen LogP contribution in [0.25, 0.3) is 0 Å². The number of rotatable bonds is 2. The van der Waals surface area contributed by atoms with Gasteiger partial charge in [-0.05, 0) is 74.4 Å². The van der Waals surface area contributed by atoms with Gasteiger partial charge in [-0.3, -0.25) is 14.5 Å². The van der Waals surface area contributed by atoms with Gasteiger partial charge in [0.15, 0.2) is 0 Å². The summed E-state index contributed by atoms with van der Waals surface area (Å²) in [6, 6.07) is 6.14. The average Bonchev–Trinajstić information content (AvgIpc) is 3.46. The molecule has 5 rings (SSSR count). The van der Waals surface area contributed by atoms with E-state index in [0.717, 1.165) is 68.9 Å². The Bertz CT molecular complexity index is 749. The van der Waals surface area contributed by atoms with Crippen molar-refractivity contribution in [1.29, 1.82) is 0 Å². The summed E-state index contributed by atoms with van der Waals surface area (Å²) in [5.41, 5.74) is 1.93. The van der Waals surface area contributed by atoms with Crippen molar-refractivity contribution < 1.29 is 24.5 Å². The van der Waals surface area contributed by atoms with Crippen molar-refractivity contribution in [2.24, 2.45) is 11.8 Å². The number of ether oxygens (including phenoxy) is 1. The minimum absolute atomic E-state index is 0.140. The highest BCUT2D eigenvalue weighted by Gasteiger charge is 2.45. The molecule has 1 aromatic carbocycles. The summed E-state index contributed by atoms with van der Waals surface area (Å²) in [6.07, 6.45) is 5.04. The first-order chi connectivity index (χ1) is 14.1. The molecule has 1 aliphatic carbocycles. The summed E-state index contributed by atoms with van der Waals surface area (Å²) >= 11 is 0. The number of amides is 1. The maximum atomic E-state index is 13.0. The topological polar surface area (TPSA) is 90.3 Å². The SMILES string of the molecule is O=C(c1ccc2c(c1)CCO2)N1C[C@H]2C[C@@H](N3CCCC3)[C@H](O)C[C@H]2C1.O=CO. The van der Waals surface area contributed by atoms with E-state index in [1.54, 1.807) is 0 Å². The Morgan fingerprint density at radius 2 is 1.83 bits per heavy atom. The summed E-state index contributed by atoms with van der Waals surface area (Å²) in [7, 11) is 0. The number of hydrogen-bond donors (Lipinski definition) is 2. The maximum absolute atomic E-state index is 13.0. The minimum Gasteiger partial charge on any atom is -0.493 e. The van der Waals surface area contributed by atoms with Crippen LogP contribution >= 0.6 is 0 Å². The smallest absolute Gasteiger partial charge is 0.290 e. The molecule has 2 N–H and O–H groups in total. The highest BCUT2D eigenvalue weighted by Crippen LogP contribution is 2.39. The monoisotopic (exact) mass is 402 g/mol. The van der Waals surface area contributed by atoms with E-state index < -0.39 is 0 Å². The van der Waals surface area contributed by atoms with Crippen LogP contribution in [0.2, 0.25) is 0 Å². The Morgan fingerprint density at radius 3 is 2.55 bits per heavy atom. The molecule has 7 heteroatoms. The van der Waals surface area contributed by atoms with Crippen molar-refractivity contribution in [3.63, 3.8) is 0 Å². The Labute approximate surface area is 171 Å². The lowest BCUT2D eigenvalue weighted by Gasteiger charge is -2.40. The van der Waals surface area contributed by atoms with Gasteiger partial charge in [0.2, 0.25) is 0 Å². The van der Waals surface area contributed by atoms with Crippen LogP contribution in [0, 0.1) is 11.8 Å². The van der Waals surface area contributed by atoms with Gasteiger partial charge >= 0.3 is 0 Å². The predicted molar refractivity (Wildman–Crippen MR) is 107 cm³/mol. The van der Waals surface area contributed by atoms with Crippen molar-refractivity contribution in [2.75, 3.05) is 32.8 Å². The quantitative estimate of drug-likeness (QED) is 0.731. The fourth-order valence-electron chi connectivity index (χ4n) is 5.54. The van der Waals surface area contributed by atoms with Gasteiger partial charge in [0.25, 0.3) is 12.4 Å². The van der Waals surface area contributed by atoms with E-state index in [-0.39, 0.29) is 18.5 Å². The lowest BCUT2D eigenvalue weighted by atomic mass is 9.77. The van der Waals surface area contributed by atoms with E-state index in [2.05, 4.69) is 4.90 Å². The first-order valence-corrected chi connectivity index (χ1v) is 10.7. The third-order valence-corrected chi connectivity index (χ3v) is 6.94. The molecule has 29 heavy (non-hydrogen) atoms. The molecule has 0 bridgehead atoms. The van der Waals surface area contributed by atoms with E-state index >= 15 is 0 Å². The number of likely N-dealkylation sites (tertiary alicyclic amines) is 2. The summed E-state index contributed by atoms with van der Waals surface area (Å²) in [5.74, 6) is 2.05. The highest BCUT2D eigenvalue weighted by atomic mass is 16.5. The molecule has 3 fully saturated rings. The lowest BCUT2D eigenvalue weighted by Crippen LogP contribution is -2.48. The zero-order valence-corrected chi connectivity index (χ0v) is 16.7. The molecule has 1 saturated carbocycles. The van der Waals surface area contributed by atoms with E-state index in [1.807, 2.05) is 23.1 Å².